The van der Waals surface area contributed by atoms with Crippen molar-refractivity contribution >= 4 is 35.1 Å². The first kappa shape index (κ1) is 15.8. The Morgan fingerprint density at radius 1 is 1.58 bits per heavy atom. The third kappa shape index (κ3) is 5.12. The van der Waals surface area contributed by atoms with Crippen LogP contribution >= 0.6 is 23.4 Å². The maximum Gasteiger partial charge on any atom is 0.417 e. The second kappa shape index (κ2) is 6.81. The molecular formula is C11H10ClF3N2OS. The molecule has 8 heteroatoms. The number of carbonyl (C=O) groups excluding carboxylic acids is 1. The highest BCUT2D eigenvalue weighted by atomic mass is 35.5. The SMILES string of the molecule is C=CCSCC(=O)Nc1ncc(C(F)(F)F)cc1Cl. The van der Waals surface area contributed by atoms with Crippen LogP contribution in [0.1, 0.15) is 5.56 Å². The normalized spacial score (nSPS) is 11.2. The molecule has 19 heavy (non-hydrogen) atoms. The van der Waals surface area contributed by atoms with E-state index in [0.717, 1.165) is 6.07 Å². The van der Waals surface area contributed by atoms with Crippen LogP contribution in [-0.4, -0.2) is 22.4 Å². The van der Waals surface area contributed by atoms with Crippen LogP contribution in [0.15, 0.2) is 24.9 Å². The maximum absolute atomic E-state index is 12.4. The molecule has 0 aliphatic carbocycles. The van der Waals surface area contributed by atoms with Crippen molar-refractivity contribution in [2.75, 3.05) is 16.8 Å². The quantitative estimate of drug-likeness (QED) is 0.667. The molecule has 1 aromatic rings. The number of pyridine rings is 1. The van der Waals surface area contributed by atoms with Crippen molar-refractivity contribution in [2.24, 2.45) is 0 Å². The van der Waals surface area contributed by atoms with Crippen LogP contribution in [0.5, 0.6) is 0 Å². The van der Waals surface area contributed by atoms with Gasteiger partial charge in [-0.15, -0.1) is 18.3 Å². The van der Waals surface area contributed by atoms with Crippen molar-refractivity contribution in [2.45, 2.75) is 6.18 Å². The summed E-state index contributed by atoms with van der Waals surface area (Å²) in [6, 6.07) is 0.723. The Morgan fingerprint density at radius 3 is 2.79 bits per heavy atom. The molecule has 0 spiro atoms. The zero-order valence-electron chi connectivity index (χ0n) is 9.63. The highest BCUT2D eigenvalue weighted by Gasteiger charge is 2.31. The fourth-order valence-corrected chi connectivity index (χ4v) is 1.84. The van der Waals surface area contributed by atoms with Gasteiger partial charge in [0.1, 0.15) is 0 Å². The van der Waals surface area contributed by atoms with Crippen LogP contribution in [0, 0.1) is 0 Å². The average molecular weight is 311 g/mol. The summed E-state index contributed by atoms with van der Waals surface area (Å²) in [7, 11) is 0. The fraction of sp³-hybridized carbons (Fsp3) is 0.273. The number of rotatable bonds is 5. The lowest BCUT2D eigenvalue weighted by molar-refractivity contribution is -0.137. The van der Waals surface area contributed by atoms with Gasteiger partial charge in [-0.05, 0) is 6.07 Å². The Morgan fingerprint density at radius 2 is 2.26 bits per heavy atom. The first-order valence-corrected chi connectivity index (χ1v) is 6.59. The number of aromatic nitrogens is 1. The molecule has 1 aromatic heterocycles. The van der Waals surface area contributed by atoms with E-state index >= 15 is 0 Å². The Kier molecular flexibility index (Phi) is 5.68. The molecule has 3 nitrogen and oxygen atoms in total. The van der Waals surface area contributed by atoms with Gasteiger partial charge in [-0.3, -0.25) is 4.79 Å². The fourth-order valence-electron chi connectivity index (χ4n) is 1.09. The number of hydrogen-bond donors (Lipinski definition) is 1. The summed E-state index contributed by atoms with van der Waals surface area (Å²) in [5, 5.41) is 2.09. The van der Waals surface area contributed by atoms with E-state index in [0.29, 0.717) is 11.9 Å². The van der Waals surface area contributed by atoms with Gasteiger partial charge in [-0.25, -0.2) is 4.98 Å². The average Bonchev–Trinajstić information content (AvgIpc) is 2.31. The Bertz CT molecular complexity index is 479. The molecule has 0 unspecified atom stereocenters. The van der Waals surface area contributed by atoms with Gasteiger partial charge in [0, 0.05) is 11.9 Å². The van der Waals surface area contributed by atoms with E-state index in [1.54, 1.807) is 6.08 Å². The van der Waals surface area contributed by atoms with E-state index in [4.69, 9.17) is 11.6 Å². The minimum Gasteiger partial charge on any atom is -0.309 e. The van der Waals surface area contributed by atoms with E-state index in [1.165, 1.54) is 11.8 Å². The first-order chi connectivity index (χ1) is 8.84. The molecule has 0 radical (unpaired) electrons. The summed E-state index contributed by atoms with van der Waals surface area (Å²) in [4.78, 5) is 14.9. The number of nitrogens with zero attached hydrogens (tertiary/aromatic N) is 1. The van der Waals surface area contributed by atoms with Crippen LogP contribution in [0.4, 0.5) is 19.0 Å². The molecule has 0 atom stereocenters. The molecule has 104 valence electrons. The summed E-state index contributed by atoms with van der Waals surface area (Å²) < 4.78 is 37.1. The zero-order valence-corrected chi connectivity index (χ0v) is 11.2. The van der Waals surface area contributed by atoms with Gasteiger partial charge in [0.2, 0.25) is 5.91 Å². The molecule has 0 aliphatic heterocycles. The number of thioether (sulfide) groups is 1. The van der Waals surface area contributed by atoms with E-state index < -0.39 is 11.7 Å². The Hall–Kier alpha value is -1.21. The van der Waals surface area contributed by atoms with Crippen molar-refractivity contribution < 1.29 is 18.0 Å². The van der Waals surface area contributed by atoms with Crippen molar-refractivity contribution in [1.29, 1.82) is 0 Å². The summed E-state index contributed by atoms with van der Waals surface area (Å²) in [5.41, 5.74) is -0.962. The largest absolute Gasteiger partial charge is 0.417 e. The number of carbonyl (C=O) groups is 1. The van der Waals surface area contributed by atoms with E-state index in [2.05, 4.69) is 16.9 Å². The second-order valence-corrected chi connectivity index (χ2v) is 4.84. The van der Waals surface area contributed by atoms with Gasteiger partial charge in [-0.2, -0.15) is 13.2 Å². The number of anilines is 1. The van der Waals surface area contributed by atoms with Gasteiger partial charge >= 0.3 is 6.18 Å². The molecule has 0 bridgehead atoms. The molecule has 0 aliphatic rings. The molecule has 0 saturated carbocycles. The van der Waals surface area contributed by atoms with Crippen molar-refractivity contribution in [3.05, 3.63) is 35.5 Å². The van der Waals surface area contributed by atoms with Crippen molar-refractivity contribution in [3.63, 3.8) is 0 Å². The summed E-state index contributed by atoms with van der Waals surface area (Å²) in [6.07, 6.45) is -2.25. The van der Waals surface area contributed by atoms with Crippen LogP contribution < -0.4 is 5.32 Å². The van der Waals surface area contributed by atoms with Crippen LogP contribution in [0.25, 0.3) is 0 Å². The van der Waals surface area contributed by atoms with Gasteiger partial charge in [0.25, 0.3) is 0 Å². The summed E-state index contributed by atoms with van der Waals surface area (Å²) in [5.74, 6) is 0.270. The molecule has 0 saturated heterocycles. The molecule has 0 fully saturated rings. The van der Waals surface area contributed by atoms with Crippen LogP contribution in [0.2, 0.25) is 5.02 Å². The summed E-state index contributed by atoms with van der Waals surface area (Å²) in [6.45, 7) is 3.50. The van der Waals surface area contributed by atoms with E-state index in [1.807, 2.05) is 0 Å². The van der Waals surface area contributed by atoms with Gasteiger partial charge in [-0.1, -0.05) is 17.7 Å². The van der Waals surface area contributed by atoms with Gasteiger partial charge in [0.05, 0.1) is 16.3 Å². The van der Waals surface area contributed by atoms with E-state index in [-0.39, 0.29) is 22.5 Å². The van der Waals surface area contributed by atoms with Crippen molar-refractivity contribution in [3.8, 4) is 0 Å². The third-order valence-electron chi connectivity index (χ3n) is 1.90. The molecule has 1 heterocycles. The lowest BCUT2D eigenvalue weighted by atomic mass is 10.3. The highest BCUT2D eigenvalue weighted by molar-refractivity contribution is 8.00. The lowest BCUT2D eigenvalue weighted by Gasteiger charge is -2.09. The Labute approximate surface area is 117 Å². The lowest BCUT2D eigenvalue weighted by Crippen LogP contribution is -2.16. The monoisotopic (exact) mass is 310 g/mol. The van der Waals surface area contributed by atoms with Crippen molar-refractivity contribution in [1.82, 2.24) is 4.98 Å². The van der Waals surface area contributed by atoms with Gasteiger partial charge in [0.15, 0.2) is 5.82 Å². The molecule has 1 amide bonds. The Balaban J connectivity index is 2.70. The van der Waals surface area contributed by atoms with Crippen LogP contribution in [-0.2, 0) is 11.0 Å². The predicted molar refractivity (Wildman–Crippen MR) is 70.4 cm³/mol. The number of hydrogen-bond acceptors (Lipinski definition) is 3. The topological polar surface area (TPSA) is 42.0 Å². The molecular weight excluding hydrogens is 301 g/mol. The number of nitrogens with one attached hydrogen (secondary N) is 1. The second-order valence-electron chi connectivity index (χ2n) is 3.40. The standard InChI is InChI=1S/C11H10ClF3N2OS/c1-2-3-19-6-9(18)17-10-8(12)4-7(5-16-10)11(13,14)15/h2,4-5H,1,3,6H2,(H,16,17,18). The summed E-state index contributed by atoms with van der Waals surface area (Å²) >= 11 is 6.95. The number of amides is 1. The van der Waals surface area contributed by atoms with Crippen LogP contribution in [0.3, 0.4) is 0 Å². The first-order valence-electron chi connectivity index (χ1n) is 5.06. The maximum atomic E-state index is 12.4. The number of halogens is 4. The zero-order chi connectivity index (χ0) is 14.5. The smallest absolute Gasteiger partial charge is 0.309 e. The molecule has 0 aromatic carbocycles. The minimum absolute atomic E-state index is 0.0844. The third-order valence-corrected chi connectivity index (χ3v) is 3.12. The number of alkyl halides is 3. The molecule has 1 N–H and O–H groups in total. The minimum atomic E-state index is -4.51. The van der Waals surface area contributed by atoms with E-state index in [9.17, 15) is 18.0 Å². The predicted octanol–water partition coefficient (Wildman–Crippen LogP) is 3.61. The highest BCUT2D eigenvalue weighted by Crippen LogP contribution is 2.32. The molecule has 1 rings (SSSR count). The van der Waals surface area contributed by atoms with Gasteiger partial charge < -0.3 is 5.32 Å².